The summed E-state index contributed by atoms with van der Waals surface area (Å²) in [5.41, 5.74) is 1.28. The Morgan fingerprint density at radius 3 is 2.74 bits per heavy atom. The van der Waals surface area contributed by atoms with Crippen molar-refractivity contribution in [2.24, 2.45) is 0 Å². The van der Waals surface area contributed by atoms with E-state index in [1.807, 2.05) is 19.1 Å². The molecule has 2 rings (SSSR count). The van der Waals surface area contributed by atoms with E-state index in [1.165, 1.54) is 0 Å². The summed E-state index contributed by atoms with van der Waals surface area (Å²) >= 11 is 12.8. The second-order valence-corrected chi connectivity index (χ2v) is 6.17. The first-order chi connectivity index (χ1) is 9.02. The van der Waals surface area contributed by atoms with Gasteiger partial charge in [0, 0.05) is 10.0 Å². The Morgan fingerprint density at radius 1 is 1.37 bits per heavy atom. The minimum atomic E-state index is -0.188. The van der Waals surface area contributed by atoms with Crippen LogP contribution in [0.2, 0.25) is 5.02 Å². The molecular weight excluding hydrogens is 395 g/mol. The molecule has 0 fully saturated rings. The van der Waals surface area contributed by atoms with Crippen LogP contribution in [0.25, 0.3) is 11.4 Å². The molecule has 0 radical (unpaired) electrons. The normalized spacial score (nSPS) is 10.7. The van der Waals surface area contributed by atoms with E-state index >= 15 is 0 Å². The molecule has 0 spiro atoms. The summed E-state index contributed by atoms with van der Waals surface area (Å²) in [7, 11) is 0. The first kappa shape index (κ1) is 14.8. The SMILES string of the molecule is CCCc1nc(-c2ccc(Br)cc2Cl)[nH]c(=O)c1Br. The van der Waals surface area contributed by atoms with E-state index in [4.69, 9.17) is 11.6 Å². The molecule has 0 aliphatic rings. The zero-order chi connectivity index (χ0) is 14.0. The quantitative estimate of drug-likeness (QED) is 0.812. The molecule has 100 valence electrons. The maximum Gasteiger partial charge on any atom is 0.265 e. The van der Waals surface area contributed by atoms with Crippen LogP contribution in [0.3, 0.4) is 0 Å². The third kappa shape index (κ3) is 3.27. The van der Waals surface area contributed by atoms with Crippen LogP contribution in [0.4, 0.5) is 0 Å². The van der Waals surface area contributed by atoms with Crippen molar-refractivity contribution in [3.8, 4) is 11.4 Å². The zero-order valence-electron chi connectivity index (χ0n) is 10.1. The Hall–Kier alpha value is -0.650. The summed E-state index contributed by atoms with van der Waals surface area (Å²) in [6.07, 6.45) is 1.66. The van der Waals surface area contributed by atoms with Crippen LogP contribution >= 0.6 is 43.5 Å². The maximum absolute atomic E-state index is 11.9. The monoisotopic (exact) mass is 404 g/mol. The number of hydrogen-bond donors (Lipinski definition) is 1. The Kier molecular flexibility index (Phi) is 4.81. The number of hydrogen-bond acceptors (Lipinski definition) is 2. The molecule has 1 N–H and O–H groups in total. The molecule has 1 aromatic carbocycles. The van der Waals surface area contributed by atoms with E-state index in [1.54, 1.807) is 6.07 Å². The van der Waals surface area contributed by atoms with Crippen LogP contribution in [0.1, 0.15) is 19.0 Å². The summed E-state index contributed by atoms with van der Waals surface area (Å²) in [6, 6.07) is 5.47. The highest BCUT2D eigenvalue weighted by Crippen LogP contribution is 2.28. The van der Waals surface area contributed by atoms with Crippen molar-refractivity contribution >= 4 is 43.5 Å². The molecule has 0 saturated carbocycles. The molecule has 0 unspecified atom stereocenters. The lowest BCUT2D eigenvalue weighted by atomic mass is 10.2. The standard InChI is InChI=1S/C13H11Br2ClN2O/c1-2-3-10-11(15)13(19)18-12(17-10)8-5-4-7(14)6-9(8)16/h4-6H,2-3H2,1H3,(H,17,18,19). The number of aromatic amines is 1. The minimum Gasteiger partial charge on any atom is -0.305 e. The van der Waals surface area contributed by atoms with Crippen LogP contribution in [0.15, 0.2) is 31.9 Å². The summed E-state index contributed by atoms with van der Waals surface area (Å²) in [5, 5.41) is 0.544. The van der Waals surface area contributed by atoms with Gasteiger partial charge in [0.05, 0.1) is 10.7 Å². The highest BCUT2D eigenvalue weighted by atomic mass is 79.9. The molecule has 1 aromatic heterocycles. The van der Waals surface area contributed by atoms with Crippen molar-refractivity contribution in [2.45, 2.75) is 19.8 Å². The van der Waals surface area contributed by atoms with E-state index in [0.717, 1.165) is 23.0 Å². The highest BCUT2D eigenvalue weighted by molar-refractivity contribution is 9.10. The zero-order valence-corrected chi connectivity index (χ0v) is 14.1. The predicted octanol–water partition coefficient (Wildman–Crippen LogP) is 4.57. The summed E-state index contributed by atoms with van der Waals surface area (Å²) < 4.78 is 1.38. The van der Waals surface area contributed by atoms with E-state index in [9.17, 15) is 4.79 Å². The van der Waals surface area contributed by atoms with Gasteiger partial charge >= 0.3 is 0 Å². The van der Waals surface area contributed by atoms with Gasteiger partial charge in [0.25, 0.3) is 5.56 Å². The summed E-state index contributed by atoms with van der Waals surface area (Å²) in [5.74, 6) is 0.495. The average Bonchev–Trinajstić information content (AvgIpc) is 2.35. The van der Waals surface area contributed by atoms with E-state index in [-0.39, 0.29) is 5.56 Å². The van der Waals surface area contributed by atoms with Crippen LogP contribution in [0, 0.1) is 0 Å². The number of aromatic nitrogens is 2. The number of aryl methyl sites for hydroxylation is 1. The van der Waals surface area contributed by atoms with Crippen LogP contribution in [-0.4, -0.2) is 9.97 Å². The predicted molar refractivity (Wildman–Crippen MR) is 84.7 cm³/mol. The molecule has 0 bridgehead atoms. The van der Waals surface area contributed by atoms with Crippen LogP contribution < -0.4 is 5.56 Å². The fourth-order valence-corrected chi connectivity index (χ4v) is 2.87. The van der Waals surface area contributed by atoms with Gasteiger partial charge in [-0.2, -0.15) is 0 Å². The molecule has 0 aliphatic carbocycles. The number of halogens is 3. The van der Waals surface area contributed by atoms with Gasteiger partial charge in [0.1, 0.15) is 10.3 Å². The van der Waals surface area contributed by atoms with Gasteiger partial charge in [-0.15, -0.1) is 0 Å². The first-order valence-corrected chi connectivity index (χ1v) is 7.73. The lowest BCUT2D eigenvalue weighted by Crippen LogP contribution is -2.13. The summed E-state index contributed by atoms with van der Waals surface area (Å²) in [6.45, 7) is 2.04. The molecule has 0 atom stereocenters. The van der Waals surface area contributed by atoms with Crippen molar-refractivity contribution in [1.29, 1.82) is 0 Å². The highest BCUT2D eigenvalue weighted by Gasteiger charge is 2.12. The van der Waals surface area contributed by atoms with Gasteiger partial charge in [0.15, 0.2) is 0 Å². The Morgan fingerprint density at radius 2 is 2.11 bits per heavy atom. The second-order valence-electron chi connectivity index (χ2n) is 4.05. The third-order valence-electron chi connectivity index (χ3n) is 2.60. The Balaban J connectivity index is 2.59. The van der Waals surface area contributed by atoms with Gasteiger partial charge in [-0.25, -0.2) is 4.98 Å². The van der Waals surface area contributed by atoms with Crippen molar-refractivity contribution < 1.29 is 0 Å². The molecule has 0 amide bonds. The molecule has 6 heteroatoms. The Bertz CT molecular complexity index is 670. The number of benzene rings is 1. The van der Waals surface area contributed by atoms with Crippen LogP contribution in [0.5, 0.6) is 0 Å². The van der Waals surface area contributed by atoms with E-state index in [0.29, 0.717) is 20.9 Å². The topological polar surface area (TPSA) is 45.8 Å². The number of H-pyrrole nitrogens is 1. The van der Waals surface area contributed by atoms with Gasteiger partial charge in [-0.1, -0.05) is 40.9 Å². The lowest BCUT2D eigenvalue weighted by molar-refractivity contribution is 0.861. The average molecular weight is 407 g/mol. The van der Waals surface area contributed by atoms with Crippen molar-refractivity contribution in [3.05, 3.63) is 48.2 Å². The molecule has 0 saturated heterocycles. The molecular formula is C13H11Br2ClN2O. The fourth-order valence-electron chi connectivity index (χ4n) is 1.72. The van der Waals surface area contributed by atoms with Gasteiger partial charge in [-0.3, -0.25) is 4.79 Å². The van der Waals surface area contributed by atoms with Crippen molar-refractivity contribution in [1.82, 2.24) is 9.97 Å². The van der Waals surface area contributed by atoms with Gasteiger partial charge in [-0.05, 0) is 40.5 Å². The number of nitrogens with zero attached hydrogens (tertiary/aromatic N) is 1. The minimum absolute atomic E-state index is 0.188. The smallest absolute Gasteiger partial charge is 0.265 e. The Labute approximate surface area is 132 Å². The molecule has 0 aliphatic heterocycles. The molecule has 2 aromatic rings. The second kappa shape index (κ2) is 6.20. The van der Waals surface area contributed by atoms with Crippen molar-refractivity contribution in [3.63, 3.8) is 0 Å². The molecule has 19 heavy (non-hydrogen) atoms. The van der Waals surface area contributed by atoms with E-state index in [2.05, 4.69) is 41.8 Å². The molecule has 1 heterocycles. The summed E-state index contributed by atoms with van der Waals surface area (Å²) in [4.78, 5) is 19.1. The first-order valence-electron chi connectivity index (χ1n) is 5.77. The van der Waals surface area contributed by atoms with Crippen molar-refractivity contribution in [2.75, 3.05) is 0 Å². The number of rotatable bonds is 3. The fraction of sp³-hybridized carbons (Fsp3) is 0.231. The number of nitrogens with one attached hydrogen (secondary N) is 1. The maximum atomic E-state index is 11.9. The molecule has 3 nitrogen and oxygen atoms in total. The largest absolute Gasteiger partial charge is 0.305 e. The van der Waals surface area contributed by atoms with Gasteiger partial charge in [0.2, 0.25) is 0 Å². The van der Waals surface area contributed by atoms with E-state index < -0.39 is 0 Å². The third-order valence-corrected chi connectivity index (χ3v) is 4.23. The lowest BCUT2D eigenvalue weighted by Gasteiger charge is -2.07. The van der Waals surface area contributed by atoms with Gasteiger partial charge < -0.3 is 4.98 Å². The van der Waals surface area contributed by atoms with Crippen LogP contribution in [-0.2, 0) is 6.42 Å².